The van der Waals surface area contributed by atoms with Gasteiger partial charge in [-0.1, -0.05) is 18.2 Å². The van der Waals surface area contributed by atoms with Crippen molar-refractivity contribution in [1.29, 1.82) is 0 Å². The van der Waals surface area contributed by atoms with Crippen molar-refractivity contribution in [2.75, 3.05) is 0 Å². The van der Waals surface area contributed by atoms with Crippen molar-refractivity contribution in [3.8, 4) is 0 Å². The van der Waals surface area contributed by atoms with Gasteiger partial charge in [0.25, 0.3) is 0 Å². The summed E-state index contributed by atoms with van der Waals surface area (Å²) in [6.07, 6.45) is 1.57. The number of aromatic nitrogens is 1. The number of benzene rings is 1. The first-order valence-electron chi connectivity index (χ1n) is 8.40. The Morgan fingerprint density at radius 3 is 2.50 bits per heavy atom. The smallest absolute Gasteiger partial charge is 0.326 e. The fraction of sp³-hybridized carbons (Fsp3) is 0.263. The van der Waals surface area contributed by atoms with Crippen LogP contribution in [0, 0.1) is 5.82 Å². The molecular weight excluding hydrogens is 433 g/mol. The van der Waals surface area contributed by atoms with E-state index < -0.39 is 35.7 Å². The number of pyridine rings is 1. The Labute approximate surface area is 169 Å². The monoisotopic (exact) mass is 451 g/mol. The SMILES string of the molecule is CC(=O)N[C@H](Cc1cccc(F)c1)C(=O)N[C@@H](Cc1cccnc1Br)C(=O)O. The minimum atomic E-state index is -1.23. The highest BCUT2D eigenvalue weighted by molar-refractivity contribution is 9.10. The second-order valence-corrected chi connectivity index (χ2v) is 6.90. The van der Waals surface area contributed by atoms with Crippen molar-refractivity contribution in [2.24, 2.45) is 0 Å². The standard InChI is InChI=1S/C19H19BrFN3O4/c1-11(25)23-15(9-12-4-2-6-14(21)8-12)18(26)24-16(19(27)28)10-13-5-3-7-22-17(13)20/h2-8,15-16H,9-10H2,1H3,(H,23,25)(H,24,26)(H,27,28)/t15-,16+/m1/s1. The van der Waals surface area contributed by atoms with Crippen molar-refractivity contribution in [2.45, 2.75) is 31.8 Å². The van der Waals surface area contributed by atoms with Crippen LogP contribution in [0.3, 0.4) is 0 Å². The molecule has 1 aromatic heterocycles. The number of rotatable bonds is 8. The van der Waals surface area contributed by atoms with E-state index >= 15 is 0 Å². The molecule has 1 aromatic carbocycles. The zero-order valence-electron chi connectivity index (χ0n) is 15.0. The fourth-order valence-corrected chi connectivity index (χ4v) is 3.03. The molecule has 0 fully saturated rings. The lowest BCUT2D eigenvalue weighted by Gasteiger charge is -2.21. The van der Waals surface area contributed by atoms with Gasteiger partial charge < -0.3 is 15.7 Å². The number of carbonyl (C=O) groups is 3. The van der Waals surface area contributed by atoms with Crippen LogP contribution in [0.1, 0.15) is 18.1 Å². The molecule has 9 heteroatoms. The molecular formula is C19H19BrFN3O4. The van der Waals surface area contributed by atoms with Crippen LogP contribution in [0.4, 0.5) is 4.39 Å². The lowest BCUT2D eigenvalue weighted by Crippen LogP contribution is -2.52. The Kier molecular flexibility index (Phi) is 7.62. The largest absolute Gasteiger partial charge is 0.480 e. The Balaban J connectivity index is 2.15. The van der Waals surface area contributed by atoms with E-state index in [2.05, 4.69) is 31.5 Å². The Morgan fingerprint density at radius 2 is 1.89 bits per heavy atom. The van der Waals surface area contributed by atoms with E-state index in [1.807, 2.05) is 0 Å². The van der Waals surface area contributed by atoms with Gasteiger partial charge in [0, 0.05) is 26.0 Å². The number of nitrogens with zero attached hydrogens (tertiary/aromatic N) is 1. The lowest BCUT2D eigenvalue weighted by atomic mass is 10.0. The average Bonchev–Trinajstić information content (AvgIpc) is 2.61. The molecule has 2 atom stereocenters. The molecule has 3 N–H and O–H groups in total. The number of carboxylic acids is 1. The number of carboxylic acid groups (broad SMARTS) is 1. The number of hydrogen-bond donors (Lipinski definition) is 3. The highest BCUT2D eigenvalue weighted by Crippen LogP contribution is 2.15. The maximum atomic E-state index is 13.4. The summed E-state index contributed by atoms with van der Waals surface area (Å²) >= 11 is 3.24. The molecule has 0 aliphatic rings. The van der Waals surface area contributed by atoms with Gasteiger partial charge in [0.1, 0.15) is 22.5 Å². The predicted molar refractivity (Wildman–Crippen MR) is 103 cm³/mol. The summed E-state index contributed by atoms with van der Waals surface area (Å²) in [4.78, 5) is 39.8. The van der Waals surface area contributed by atoms with E-state index in [-0.39, 0.29) is 12.8 Å². The van der Waals surface area contributed by atoms with Gasteiger partial charge in [-0.3, -0.25) is 9.59 Å². The van der Waals surface area contributed by atoms with Gasteiger partial charge in [-0.2, -0.15) is 0 Å². The zero-order valence-corrected chi connectivity index (χ0v) is 16.6. The van der Waals surface area contributed by atoms with Gasteiger partial charge in [0.15, 0.2) is 0 Å². The van der Waals surface area contributed by atoms with Crippen LogP contribution in [-0.4, -0.2) is 40.0 Å². The first kappa shape index (κ1) is 21.5. The van der Waals surface area contributed by atoms with E-state index in [0.29, 0.717) is 15.7 Å². The van der Waals surface area contributed by atoms with Crippen LogP contribution in [0.15, 0.2) is 47.2 Å². The third-order valence-electron chi connectivity index (χ3n) is 3.90. The molecule has 0 saturated carbocycles. The molecule has 0 radical (unpaired) electrons. The zero-order chi connectivity index (χ0) is 20.7. The predicted octanol–water partition coefficient (Wildman–Crippen LogP) is 1.84. The first-order chi connectivity index (χ1) is 13.3. The number of hydrogen-bond acceptors (Lipinski definition) is 4. The lowest BCUT2D eigenvalue weighted by molar-refractivity contribution is -0.142. The molecule has 28 heavy (non-hydrogen) atoms. The molecule has 0 aliphatic heterocycles. The van der Waals surface area contributed by atoms with Gasteiger partial charge in [-0.25, -0.2) is 14.2 Å². The summed E-state index contributed by atoms with van der Waals surface area (Å²) in [6, 6.07) is 6.71. The number of aliphatic carboxylic acids is 1. The molecule has 0 spiro atoms. The fourth-order valence-electron chi connectivity index (χ4n) is 2.62. The molecule has 148 valence electrons. The van der Waals surface area contributed by atoms with Crippen molar-refractivity contribution < 1.29 is 23.9 Å². The van der Waals surface area contributed by atoms with E-state index in [1.54, 1.807) is 24.4 Å². The van der Waals surface area contributed by atoms with Crippen LogP contribution in [0.25, 0.3) is 0 Å². The third kappa shape index (κ3) is 6.41. The van der Waals surface area contributed by atoms with Crippen LogP contribution in [-0.2, 0) is 27.2 Å². The maximum absolute atomic E-state index is 13.4. The van der Waals surface area contributed by atoms with Crippen molar-refractivity contribution >= 4 is 33.7 Å². The number of carbonyl (C=O) groups excluding carboxylic acids is 2. The second kappa shape index (κ2) is 9.93. The highest BCUT2D eigenvalue weighted by Gasteiger charge is 2.27. The summed E-state index contributed by atoms with van der Waals surface area (Å²) in [7, 11) is 0. The van der Waals surface area contributed by atoms with Gasteiger partial charge in [0.05, 0.1) is 0 Å². The minimum absolute atomic E-state index is 0.00224. The van der Waals surface area contributed by atoms with Crippen molar-refractivity contribution in [1.82, 2.24) is 15.6 Å². The van der Waals surface area contributed by atoms with Crippen LogP contribution < -0.4 is 10.6 Å². The van der Waals surface area contributed by atoms with E-state index in [4.69, 9.17) is 0 Å². The molecule has 0 bridgehead atoms. The molecule has 2 amide bonds. The molecule has 0 aliphatic carbocycles. The minimum Gasteiger partial charge on any atom is -0.480 e. The number of nitrogens with one attached hydrogen (secondary N) is 2. The quantitative estimate of drug-likeness (QED) is 0.530. The Hall–Kier alpha value is -2.81. The van der Waals surface area contributed by atoms with Gasteiger partial charge in [-0.05, 0) is 45.3 Å². The van der Waals surface area contributed by atoms with Crippen molar-refractivity contribution in [3.63, 3.8) is 0 Å². The Morgan fingerprint density at radius 1 is 1.14 bits per heavy atom. The van der Waals surface area contributed by atoms with Gasteiger partial charge >= 0.3 is 5.97 Å². The summed E-state index contributed by atoms with van der Waals surface area (Å²) in [5, 5.41) is 14.4. The second-order valence-electron chi connectivity index (χ2n) is 6.14. The van der Waals surface area contributed by atoms with Gasteiger partial charge in [-0.15, -0.1) is 0 Å². The summed E-state index contributed by atoms with van der Waals surface area (Å²) in [6.45, 7) is 1.24. The van der Waals surface area contributed by atoms with Crippen molar-refractivity contribution in [3.05, 3.63) is 64.1 Å². The molecule has 7 nitrogen and oxygen atoms in total. The average molecular weight is 452 g/mol. The Bertz CT molecular complexity index is 878. The topological polar surface area (TPSA) is 108 Å². The van der Waals surface area contributed by atoms with E-state index in [1.165, 1.54) is 25.1 Å². The molecule has 2 rings (SSSR count). The third-order valence-corrected chi connectivity index (χ3v) is 4.61. The highest BCUT2D eigenvalue weighted by atomic mass is 79.9. The van der Waals surface area contributed by atoms with E-state index in [9.17, 15) is 23.9 Å². The van der Waals surface area contributed by atoms with Crippen LogP contribution in [0.5, 0.6) is 0 Å². The number of amides is 2. The normalized spacial score (nSPS) is 12.7. The summed E-state index contributed by atoms with van der Waals surface area (Å²) in [5.41, 5.74) is 1.10. The van der Waals surface area contributed by atoms with Crippen LogP contribution in [0.2, 0.25) is 0 Å². The molecule has 1 heterocycles. The summed E-state index contributed by atoms with van der Waals surface area (Å²) < 4.78 is 13.9. The number of halogens is 2. The first-order valence-corrected chi connectivity index (χ1v) is 9.19. The molecule has 2 aromatic rings. The van der Waals surface area contributed by atoms with E-state index in [0.717, 1.165) is 0 Å². The summed E-state index contributed by atoms with van der Waals surface area (Å²) in [5.74, 6) is -2.83. The van der Waals surface area contributed by atoms with Gasteiger partial charge in [0.2, 0.25) is 11.8 Å². The van der Waals surface area contributed by atoms with Crippen LogP contribution >= 0.6 is 15.9 Å². The molecule has 0 unspecified atom stereocenters. The molecule has 0 saturated heterocycles. The maximum Gasteiger partial charge on any atom is 0.326 e.